The van der Waals surface area contributed by atoms with Crippen LogP contribution in [-0.4, -0.2) is 42.4 Å². The largest absolute Gasteiger partial charge is 0.356 e. The maximum atomic E-state index is 13.5. The van der Waals surface area contributed by atoms with Crippen molar-refractivity contribution in [1.82, 2.24) is 29.3 Å². The van der Waals surface area contributed by atoms with Gasteiger partial charge in [-0.2, -0.15) is 5.10 Å². The van der Waals surface area contributed by atoms with Gasteiger partial charge >= 0.3 is 0 Å². The summed E-state index contributed by atoms with van der Waals surface area (Å²) in [5.41, 5.74) is 1.15. The van der Waals surface area contributed by atoms with Crippen molar-refractivity contribution in [3.8, 4) is 0 Å². The Morgan fingerprint density at radius 3 is 2.65 bits per heavy atom. The maximum Gasteiger partial charge on any atom is 0.261 e. The topological polar surface area (TPSA) is 81.7 Å². The van der Waals surface area contributed by atoms with Gasteiger partial charge in [0.1, 0.15) is 23.3 Å². The Morgan fingerprint density at radius 2 is 1.87 bits per heavy atom. The third-order valence-electron chi connectivity index (χ3n) is 6.15. The van der Waals surface area contributed by atoms with Crippen LogP contribution in [-0.2, 0) is 13.6 Å². The Kier molecular flexibility index (Phi) is 4.68. The number of nitrogens with zero attached hydrogens (tertiary/aromatic N) is 7. The van der Waals surface area contributed by atoms with E-state index in [1.165, 1.54) is 18.2 Å². The molecule has 0 bridgehead atoms. The van der Waals surface area contributed by atoms with Crippen LogP contribution in [0.2, 0.25) is 0 Å². The average Bonchev–Trinajstić information content (AvgIpc) is 3.11. The van der Waals surface area contributed by atoms with Crippen molar-refractivity contribution in [3.63, 3.8) is 0 Å². The quantitative estimate of drug-likeness (QED) is 0.506. The zero-order valence-electron chi connectivity index (χ0n) is 17.8. The molecule has 0 aliphatic carbocycles. The number of halogens is 1. The molecule has 1 aliphatic rings. The molecule has 1 saturated heterocycles. The van der Waals surface area contributed by atoms with E-state index in [2.05, 4.69) is 25.0 Å². The number of hydrogen-bond acceptors (Lipinski definition) is 6. The van der Waals surface area contributed by atoms with Crippen LogP contribution in [0.3, 0.4) is 0 Å². The molecule has 0 radical (unpaired) electrons. The number of piperidine rings is 1. The minimum absolute atomic E-state index is 0.103. The lowest BCUT2D eigenvalue weighted by Gasteiger charge is -2.33. The standard InChI is InChI=1S/C22H24FN7O/c1-13-25-20-18(11-24-28(20)3)21(26-13)29-8-6-15(7-9-29)12-30-14(2)27-19-10-16(23)4-5-17(19)22(30)31/h4-5,10-11,15H,6-9,12H2,1-3H3. The van der Waals surface area contributed by atoms with Crippen molar-refractivity contribution in [1.29, 1.82) is 0 Å². The first kappa shape index (κ1) is 19.6. The van der Waals surface area contributed by atoms with Crippen LogP contribution in [0.4, 0.5) is 10.2 Å². The van der Waals surface area contributed by atoms with Gasteiger partial charge < -0.3 is 4.90 Å². The van der Waals surface area contributed by atoms with Crippen LogP contribution in [0.1, 0.15) is 24.5 Å². The van der Waals surface area contributed by atoms with Gasteiger partial charge in [0.05, 0.1) is 22.5 Å². The van der Waals surface area contributed by atoms with E-state index in [1.54, 1.807) is 9.25 Å². The van der Waals surface area contributed by atoms with E-state index in [1.807, 2.05) is 27.1 Å². The molecular weight excluding hydrogens is 397 g/mol. The van der Waals surface area contributed by atoms with Crippen molar-refractivity contribution in [2.24, 2.45) is 13.0 Å². The van der Waals surface area contributed by atoms with Crippen molar-refractivity contribution in [2.45, 2.75) is 33.2 Å². The molecule has 3 aromatic heterocycles. The van der Waals surface area contributed by atoms with Crippen LogP contribution in [0.25, 0.3) is 21.9 Å². The summed E-state index contributed by atoms with van der Waals surface area (Å²) in [4.78, 5) is 28.9. The third kappa shape index (κ3) is 3.43. The Morgan fingerprint density at radius 1 is 1.10 bits per heavy atom. The first-order valence-corrected chi connectivity index (χ1v) is 10.5. The molecule has 0 atom stereocenters. The summed E-state index contributed by atoms with van der Waals surface area (Å²) in [6, 6.07) is 4.15. The van der Waals surface area contributed by atoms with E-state index in [-0.39, 0.29) is 11.4 Å². The van der Waals surface area contributed by atoms with E-state index in [0.717, 1.165) is 48.6 Å². The smallest absolute Gasteiger partial charge is 0.261 e. The lowest BCUT2D eigenvalue weighted by molar-refractivity contribution is 0.348. The van der Waals surface area contributed by atoms with Crippen molar-refractivity contribution in [3.05, 3.63) is 52.2 Å². The second-order valence-electron chi connectivity index (χ2n) is 8.27. The highest BCUT2D eigenvalue weighted by atomic mass is 19.1. The molecule has 0 unspecified atom stereocenters. The Labute approximate surface area is 178 Å². The number of rotatable bonds is 3. The molecule has 9 heteroatoms. The van der Waals surface area contributed by atoms with Gasteiger partial charge in [0.25, 0.3) is 5.56 Å². The summed E-state index contributed by atoms with van der Waals surface area (Å²) in [7, 11) is 1.89. The summed E-state index contributed by atoms with van der Waals surface area (Å²) in [5.74, 6) is 2.26. The number of benzene rings is 1. The van der Waals surface area contributed by atoms with E-state index < -0.39 is 0 Å². The molecule has 0 amide bonds. The first-order valence-electron chi connectivity index (χ1n) is 10.5. The molecule has 0 N–H and O–H groups in total. The van der Waals surface area contributed by atoms with E-state index in [9.17, 15) is 9.18 Å². The summed E-state index contributed by atoms with van der Waals surface area (Å²) < 4.78 is 17.0. The summed E-state index contributed by atoms with van der Waals surface area (Å²) in [5, 5.41) is 5.75. The number of aryl methyl sites for hydroxylation is 3. The zero-order chi connectivity index (χ0) is 21.7. The highest BCUT2D eigenvalue weighted by molar-refractivity contribution is 5.87. The van der Waals surface area contributed by atoms with E-state index in [0.29, 0.717) is 29.2 Å². The molecule has 160 valence electrons. The zero-order valence-corrected chi connectivity index (χ0v) is 17.8. The van der Waals surface area contributed by atoms with Crippen molar-refractivity contribution in [2.75, 3.05) is 18.0 Å². The summed E-state index contributed by atoms with van der Waals surface area (Å²) in [6.07, 6.45) is 3.71. The molecule has 1 aromatic carbocycles. The van der Waals surface area contributed by atoms with Gasteiger partial charge in [-0.15, -0.1) is 0 Å². The summed E-state index contributed by atoms with van der Waals surface area (Å²) >= 11 is 0. The predicted molar refractivity (Wildman–Crippen MR) is 117 cm³/mol. The molecule has 31 heavy (non-hydrogen) atoms. The number of aromatic nitrogens is 6. The first-order chi connectivity index (χ1) is 14.9. The highest BCUT2D eigenvalue weighted by Gasteiger charge is 2.24. The van der Waals surface area contributed by atoms with E-state index in [4.69, 9.17) is 0 Å². The highest BCUT2D eigenvalue weighted by Crippen LogP contribution is 2.28. The number of anilines is 1. The molecule has 4 aromatic rings. The Balaban J connectivity index is 1.36. The Bertz CT molecular complexity index is 1350. The van der Waals surface area contributed by atoms with Crippen LogP contribution < -0.4 is 10.5 Å². The summed E-state index contributed by atoms with van der Waals surface area (Å²) in [6.45, 7) is 6.03. The van der Waals surface area contributed by atoms with Crippen LogP contribution >= 0.6 is 0 Å². The second kappa shape index (κ2) is 7.40. The number of fused-ring (bicyclic) bond motifs is 2. The van der Waals surface area contributed by atoms with Gasteiger partial charge in [0.15, 0.2) is 5.65 Å². The van der Waals surface area contributed by atoms with Crippen molar-refractivity contribution < 1.29 is 4.39 Å². The normalized spacial score (nSPS) is 15.3. The minimum atomic E-state index is -0.383. The molecule has 5 rings (SSSR count). The molecule has 1 fully saturated rings. The Hall–Kier alpha value is -3.36. The molecular formula is C22H24FN7O. The average molecular weight is 421 g/mol. The molecule has 8 nitrogen and oxygen atoms in total. The molecule has 0 saturated carbocycles. The van der Waals surface area contributed by atoms with Crippen LogP contribution in [0, 0.1) is 25.6 Å². The van der Waals surface area contributed by atoms with Gasteiger partial charge in [0, 0.05) is 32.7 Å². The van der Waals surface area contributed by atoms with Crippen LogP contribution in [0.5, 0.6) is 0 Å². The SMILES string of the molecule is Cc1nc(N2CCC(Cn3c(C)nc4cc(F)ccc4c3=O)CC2)c2cnn(C)c2n1. The van der Waals surface area contributed by atoms with E-state index >= 15 is 0 Å². The monoisotopic (exact) mass is 421 g/mol. The number of hydrogen-bond donors (Lipinski definition) is 0. The van der Waals surface area contributed by atoms with Gasteiger partial charge in [0.2, 0.25) is 0 Å². The lowest BCUT2D eigenvalue weighted by atomic mass is 9.96. The third-order valence-corrected chi connectivity index (χ3v) is 6.15. The predicted octanol–water partition coefficient (Wildman–Crippen LogP) is 2.75. The van der Waals surface area contributed by atoms with Gasteiger partial charge in [-0.25, -0.2) is 19.3 Å². The molecule has 0 spiro atoms. The maximum absolute atomic E-state index is 13.5. The van der Waals surface area contributed by atoms with Gasteiger partial charge in [-0.3, -0.25) is 14.0 Å². The second-order valence-corrected chi connectivity index (χ2v) is 8.27. The minimum Gasteiger partial charge on any atom is -0.356 e. The van der Waals surface area contributed by atoms with Crippen LogP contribution in [0.15, 0.2) is 29.2 Å². The molecule has 4 heterocycles. The molecule has 1 aliphatic heterocycles. The van der Waals surface area contributed by atoms with Gasteiger partial charge in [-0.05, 0) is 44.7 Å². The fourth-order valence-electron chi connectivity index (χ4n) is 4.46. The lowest BCUT2D eigenvalue weighted by Crippen LogP contribution is -2.37. The fourth-order valence-corrected chi connectivity index (χ4v) is 4.46. The van der Waals surface area contributed by atoms with Gasteiger partial charge in [-0.1, -0.05) is 0 Å². The van der Waals surface area contributed by atoms with Crippen molar-refractivity contribution >= 4 is 27.8 Å². The fraction of sp³-hybridized carbons (Fsp3) is 0.409.